The van der Waals surface area contributed by atoms with Gasteiger partial charge in [-0.3, -0.25) is 4.90 Å². The van der Waals surface area contributed by atoms with E-state index in [-0.39, 0.29) is 0 Å². The Labute approximate surface area is 138 Å². The molecular formula is C20H25N3. The minimum Gasteiger partial charge on any atom is -0.331 e. The molecular weight excluding hydrogens is 282 g/mol. The Balaban J connectivity index is 1.89. The molecule has 0 bridgehead atoms. The highest BCUT2D eigenvalue weighted by molar-refractivity contribution is 5.90. The number of aromatic nitrogens is 1. The minimum atomic E-state index is 0.458. The van der Waals surface area contributed by atoms with Crippen LogP contribution in [0.25, 0.3) is 10.9 Å². The number of benzene rings is 1. The lowest BCUT2D eigenvalue weighted by Crippen LogP contribution is -2.47. The van der Waals surface area contributed by atoms with Gasteiger partial charge in [0.05, 0.1) is 6.07 Å². The predicted octanol–water partition coefficient (Wildman–Crippen LogP) is 3.99. The maximum atomic E-state index is 9.21. The molecule has 3 heteroatoms. The van der Waals surface area contributed by atoms with Gasteiger partial charge in [-0.05, 0) is 62.9 Å². The number of nitrogens with zero attached hydrogens (tertiary/aromatic N) is 3. The zero-order chi connectivity index (χ0) is 16.0. The third-order valence-corrected chi connectivity index (χ3v) is 5.96. The quantitative estimate of drug-likeness (QED) is 0.859. The summed E-state index contributed by atoms with van der Waals surface area (Å²) in [6, 6.07) is 9.72. The molecule has 2 aliphatic rings. The fourth-order valence-corrected chi connectivity index (χ4v) is 5.00. The Morgan fingerprint density at radius 2 is 2.22 bits per heavy atom. The normalized spacial score (nSPS) is 23.7. The number of hydrogen-bond acceptors (Lipinski definition) is 2. The van der Waals surface area contributed by atoms with Gasteiger partial charge in [0.15, 0.2) is 0 Å². The highest BCUT2D eigenvalue weighted by Crippen LogP contribution is 2.45. The zero-order valence-electron chi connectivity index (χ0n) is 14.2. The predicted molar refractivity (Wildman–Crippen MR) is 93.6 cm³/mol. The molecule has 1 fully saturated rings. The van der Waals surface area contributed by atoms with E-state index in [2.05, 4.69) is 47.6 Å². The maximum Gasteiger partial charge on any atom is 0.110 e. The average Bonchev–Trinajstić information content (AvgIpc) is 2.84. The number of likely N-dealkylation sites (tertiary alicyclic amines) is 1. The molecule has 120 valence electrons. The van der Waals surface area contributed by atoms with E-state index in [1.165, 1.54) is 60.1 Å². The first-order valence-corrected chi connectivity index (χ1v) is 8.97. The van der Waals surface area contributed by atoms with Crippen molar-refractivity contribution in [2.75, 3.05) is 13.1 Å². The summed E-state index contributed by atoms with van der Waals surface area (Å²) >= 11 is 0. The van der Waals surface area contributed by atoms with E-state index in [0.717, 1.165) is 6.42 Å². The maximum absolute atomic E-state index is 9.21. The first-order chi connectivity index (χ1) is 11.3. The Kier molecular flexibility index (Phi) is 3.66. The van der Waals surface area contributed by atoms with Crippen LogP contribution in [0.15, 0.2) is 18.2 Å². The Morgan fingerprint density at radius 3 is 3.00 bits per heavy atom. The summed E-state index contributed by atoms with van der Waals surface area (Å²) in [4.78, 5) is 2.72. The molecule has 0 N–H and O–H groups in total. The summed E-state index contributed by atoms with van der Waals surface area (Å²) in [5, 5.41) is 10.7. The highest BCUT2D eigenvalue weighted by Gasteiger charge is 2.38. The van der Waals surface area contributed by atoms with Crippen LogP contribution in [-0.4, -0.2) is 28.6 Å². The van der Waals surface area contributed by atoms with E-state index in [1.54, 1.807) is 0 Å². The summed E-state index contributed by atoms with van der Waals surface area (Å²) in [7, 11) is 0. The second-order valence-corrected chi connectivity index (χ2v) is 7.11. The van der Waals surface area contributed by atoms with E-state index in [0.29, 0.717) is 18.5 Å². The van der Waals surface area contributed by atoms with E-state index >= 15 is 0 Å². The van der Waals surface area contributed by atoms with Gasteiger partial charge in [-0.1, -0.05) is 19.1 Å². The first-order valence-electron chi connectivity index (χ1n) is 8.97. The molecule has 0 spiro atoms. The molecule has 2 atom stereocenters. The van der Waals surface area contributed by atoms with Crippen LogP contribution < -0.4 is 0 Å². The molecule has 1 aromatic heterocycles. The summed E-state index contributed by atoms with van der Waals surface area (Å²) in [5.41, 5.74) is 5.60. The van der Waals surface area contributed by atoms with Crippen molar-refractivity contribution < 1.29 is 0 Å². The van der Waals surface area contributed by atoms with Gasteiger partial charge in [0.25, 0.3) is 0 Å². The third-order valence-electron chi connectivity index (χ3n) is 5.96. The number of nitriles is 1. The summed E-state index contributed by atoms with van der Waals surface area (Å²) in [6.45, 7) is 7.40. The van der Waals surface area contributed by atoms with Crippen LogP contribution in [0.4, 0.5) is 0 Å². The Morgan fingerprint density at radius 1 is 1.35 bits per heavy atom. The van der Waals surface area contributed by atoms with Crippen LogP contribution in [0.5, 0.6) is 0 Å². The standard InChI is InChI=1S/C20H25N3/c1-3-10-22-11-5-7-15-16-6-4-8-18-20(16)17(13-19(15)22)14(2)23(18)12-9-21/h4,6,8,15,19H,3,5,7,10-13H2,1-2H3/t15-,19-/m1/s1. The summed E-state index contributed by atoms with van der Waals surface area (Å²) in [5.74, 6) is 0.670. The lowest BCUT2D eigenvalue weighted by Gasteiger charge is -2.44. The number of hydrogen-bond donors (Lipinski definition) is 0. The van der Waals surface area contributed by atoms with Gasteiger partial charge < -0.3 is 4.57 Å². The fraction of sp³-hybridized carbons (Fsp3) is 0.550. The molecule has 23 heavy (non-hydrogen) atoms. The third kappa shape index (κ3) is 2.12. The molecule has 0 saturated carbocycles. The van der Waals surface area contributed by atoms with Crippen molar-refractivity contribution in [2.24, 2.45) is 0 Å². The molecule has 2 heterocycles. The molecule has 1 aromatic carbocycles. The average molecular weight is 307 g/mol. The van der Waals surface area contributed by atoms with Crippen LogP contribution in [0.2, 0.25) is 0 Å². The van der Waals surface area contributed by atoms with Crippen LogP contribution in [0.3, 0.4) is 0 Å². The fourth-order valence-electron chi connectivity index (χ4n) is 5.00. The molecule has 0 amide bonds. The van der Waals surface area contributed by atoms with Crippen molar-refractivity contribution in [1.29, 1.82) is 5.26 Å². The van der Waals surface area contributed by atoms with E-state index < -0.39 is 0 Å². The van der Waals surface area contributed by atoms with Crippen LogP contribution in [-0.2, 0) is 13.0 Å². The number of rotatable bonds is 3. The zero-order valence-corrected chi connectivity index (χ0v) is 14.2. The van der Waals surface area contributed by atoms with Crippen molar-refractivity contribution in [3.05, 3.63) is 35.0 Å². The van der Waals surface area contributed by atoms with Gasteiger partial charge in [0.1, 0.15) is 6.54 Å². The molecule has 2 aromatic rings. The van der Waals surface area contributed by atoms with E-state index in [9.17, 15) is 5.26 Å². The Bertz CT molecular complexity index is 778. The van der Waals surface area contributed by atoms with Gasteiger partial charge in [-0.25, -0.2) is 0 Å². The molecule has 1 aliphatic carbocycles. The van der Waals surface area contributed by atoms with Gasteiger partial charge in [-0.2, -0.15) is 5.26 Å². The molecule has 0 radical (unpaired) electrons. The molecule has 0 unspecified atom stereocenters. The number of piperidine rings is 1. The van der Waals surface area contributed by atoms with Crippen molar-refractivity contribution in [3.63, 3.8) is 0 Å². The largest absolute Gasteiger partial charge is 0.331 e. The van der Waals surface area contributed by atoms with Crippen LogP contribution >= 0.6 is 0 Å². The van der Waals surface area contributed by atoms with Gasteiger partial charge in [0.2, 0.25) is 0 Å². The first kappa shape index (κ1) is 14.8. The van der Waals surface area contributed by atoms with Crippen molar-refractivity contribution in [3.8, 4) is 6.07 Å². The molecule has 4 rings (SSSR count). The molecule has 3 nitrogen and oxygen atoms in total. The second-order valence-electron chi connectivity index (χ2n) is 7.11. The highest BCUT2D eigenvalue weighted by atomic mass is 15.2. The van der Waals surface area contributed by atoms with Crippen molar-refractivity contribution >= 4 is 10.9 Å². The Hall–Kier alpha value is -1.79. The van der Waals surface area contributed by atoms with Gasteiger partial charge >= 0.3 is 0 Å². The summed E-state index contributed by atoms with van der Waals surface area (Å²) < 4.78 is 2.22. The second kappa shape index (κ2) is 5.69. The topological polar surface area (TPSA) is 32.0 Å². The van der Waals surface area contributed by atoms with Gasteiger partial charge in [-0.15, -0.1) is 0 Å². The smallest absolute Gasteiger partial charge is 0.110 e. The lowest BCUT2D eigenvalue weighted by atomic mass is 9.74. The van der Waals surface area contributed by atoms with Crippen molar-refractivity contribution in [1.82, 2.24) is 9.47 Å². The van der Waals surface area contributed by atoms with E-state index in [4.69, 9.17) is 0 Å². The lowest BCUT2D eigenvalue weighted by molar-refractivity contribution is 0.124. The number of fused-ring (bicyclic) bond motifs is 2. The van der Waals surface area contributed by atoms with E-state index in [1.807, 2.05) is 0 Å². The van der Waals surface area contributed by atoms with Gasteiger partial charge in [0, 0.05) is 28.6 Å². The van der Waals surface area contributed by atoms with Crippen LogP contribution in [0, 0.1) is 18.3 Å². The summed E-state index contributed by atoms with van der Waals surface area (Å²) in [6.07, 6.45) is 5.01. The SMILES string of the molecule is CCCN1CCC[C@@H]2c3cccc4c3c(c(C)n4CC#N)C[C@H]21. The van der Waals surface area contributed by atoms with Crippen molar-refractivity contribution in [2.45, 2.75) is 58.0 Å². The van der Waals surface area contributed by atoms with Crippen LogP contribution in [0.1, 0.15) is 48.9 Å². The molecule has 1 saturated heterocycles. The monoisotopic (exact) mass is 307 g/mol. The minimum absolute atomic E-state index is 0.458. The molecule has 1 aliphatic heterocycles.